The van der Waals surface area contributed by atoms with Crippen LogP contribution in [0.4, 0.5) is 18.9 Å². The molecule has 3 aromatic carbocycles. The largest absolute Gasteiger partial charge is 0.416 e. The molecule has 0 aliphatic heterocycles. The Labute approximate surface area is 217 Å². The lowest BCUT2D eigenvalue weighted by Gasteiger charge is -2.25. The third kappa shape index (κ3) is 7.41. The van der Waals surface area contributed by atoms with Gasteiger partial charge in [-0.1, -0.05) is 59.6 Å². The highest BCUT2D eigenvalue weighted by atomic mass is 35.5. The molecule has 3 aromatic rings. The molecule has 0 aromatic heterocycles. The summed E-state index contributed by atoms with van der Waals surface area (Å²) in [6, 6.07) is 17.6. The third-order valence-electron chi connectivity index (χ3n) is 5.12. The monoisotopic (exact) mass is 556 g/mol. The van der Waals surface area contributed by atoms with Gasteiger partial charge in [0.05, 0.1) is 21.2 Å². The molecule has 0 radical (unpaired) electrons. The smallest absolute Gasteiger partial charge is 0.354 e. The van der Waals surface area contributed by atoms with Crippen LogP contribution in [0, 0.1) is 6.92 Å². The van der Waals surface area contributed by atoms with E-state index in [4.69, 9.17) is 11.6 Å². The SMILES string of the molecule is Cc1ccc(CSCCNC(=O)CN(c2cc(C(F)(F)F)ccc2Cl)S(=O)(=O)c2ccccc2)cc1. The molecular formula is C25H24ClF3N2O3S2. The van der Waals surface area contributed by atoms with Crippen molar-refractivity contribution in [2.45, 2.75) is 23.7 Å². The highest BCUT2D eigenvalue weighted by Gasteiger charge is 2.34. The summed E-state index contributed by atoms with van der Waals surface area (Å²) in [4.78, 5) is 12.5. The Hall–Kier alpha value is -2.69. The number of rotatable bonds is 10. The van der Waals surface area contributed by atoms with E-state index >= 15 is 0 Å². The zero-order chi connectivity index (χ0) is 26.3. The minimum atomic E-state index is -4.72. The molecule has 0 spiro atoms. The van der Waals surface area contributed by atoms with Crippen molar-refractivity contribution in [2.75, 3.05) is 23.1 Å². The van der Waals surface area contributed by atoms with Crippen molar-refractivity contribution in [1.82, 2.24) is 5.32 Å². The Morgan fingerprint density at radius 1 is 1.03 bits per heavy atom. The number of nitrogens with one attached hydrogen (secondary N) is 1. The van der Waals surface area contributed by atoms with Gasteiger partial charge >= 0.3 is 6.18 Å². The second-order valence-electron chi connectivity index (χ2n) is 7.88. The highest BCUT2D eigenvalue weighted by molar-refractivity contribution is 7.98. The number of carbonyl (C=O) groups excluding carboxylic acids is 1. The van der Waals surface area contributed by atoms with Gasteiger partial charge in [-0.05, 0) is 42.8 Å². The van der Waals surface area contributed by atoms with Crippen LogP contribution < -0.4 is 9.62 Å². The van der Waals surface area contributed by atoms with Crippen LogP contribution in [0.3, 0.4) is 0 Å². The third-order valence-corrected chi connectivity index (χ3v) is 8.24. The molecule has 0 atom stereocenters. The number of halogens is 4. The van der Waals surface area contributed by atoms with Crippen molar-refractivity contribution in [3.8, 4) is 0 Å². The maximum atomic E-state index is 13.3. The second-order valence-corrected chi connectivity index (χ2v) is 11.3. The number of hydrogen-bond acceptors (Lipinski definition) is 4. The molecule has 0 bridgehead atoms. The number of thioether (sulfide) groups is 1. The summed E-state index contributed by atoms with van der Waals surface area (Å²) in [6.45, 7) is 1.52. The number of alkyl halides is 3. The zero-order valence-electron chi connectivity index (χ0n) is 19.3. The molecule has 5 nitrogen and oxygen atoms in total. The fourth-order valence-corrected chi connectivity index (χ4v) is 5.76. The van der Waals surface area contributed by atoms with Crippen LogP contribution in [-0.2, 0) is 26.7 Å². The lowest BCUT2D eigenvalue weighted by molar-refractivity contribution is -0.137. The number of nitrogens with zero attached hydrogens (tertiary/aromatic N) is 1. The topological polar surface area (TPSA) is 66.5 Å². The molecule has 0 unspecified atom stereocenters. The van der Waals surface area contributed by atoms with Crippen LogP contribution in [0.15, 0.2) is 77.7 Å². The number of hydrogen-bond donors (Lipinski definition) is 1. The Morgan fingerprint density at radius 2 is 1.69 bits per heavy atom. The lowest BCUT2D eigenvalue weighted by Crippen LogP contribution is -2.41. The molecule has 0 fully saturated rings. The van der Waals surface area contributed by atoms with Crippen LogP contribution in [0.5, 0.6) is 0 Å². The number of benzene rings is 3. The molecule has 36 heavy (non-hydrogen) atoms. The van der Waals surface area contributed by atoms with Gasteiger partial charge in [0.15, 0.2) is 0 Å². The minimum absolute atomic E-state index is 0.181. The van der Waals surface area contributed by atoms with E-state index in [0.717, 1.165) is 29.0 Å². The molecule has 0 heterocycles. The van der Waals surface area contributed by atoms with Gasteiger partial charge in [0.1, 0.15) is 6.54 Å². The van der Waals surface area contributed by atoms with Crippen LogP contribution in [0.1, 0.15) is 16.7 Å². The number of aryl methyl sites for hydroxylation is 1. The van der Waals surface area contributed by atoms with Crippen LogP contribution >= 0.6 is 23.4 Å². The van der Waals surface area contributed by atoms with E-state index in [9.17, 15) is 26.4 Å². The van der Waals surface area contributed by atoms with E-state index in [1.807, 2.05) is 31.2 Å². The van der Waals surface area contributed by atoms with Gasteiger partial charge in [0.25, 0.3) is 10.0 Å². The molecule has 0 saturated heterocycles. The molecule has 192 valence electrons. The van der Waals surface area contributed by atoms with Crippen molar-refractivity contribution >= 4 is 45.0 Å². The van der Waals surface area contributed by atoms with E-state index in [2.05, 4.69) is 5.32 Å². The average molecular weight is 557 g/mol. The summed E-state index contributed by atoms with van der Waals surface area (Å²) in [5, 5.41) is 2.40. The van der Waals surface area contributed by atoms with Crippen molar-refractivity contribution in [1.29, 1.82) is 0 Å². The second kappa shape index (κ2) is 12.0. The standard InChI is InChI=1S/C25H24ClF3N2O3S2/c1-18-7-9-19(10-8-18)17-35-14-13-30-24(32)16-31(36(33,34)21-5-3-2-4-6-21)23-15-20(25(27,28)29)11-12-22(23)26/h2-12,15H,13-14,16-17H2,1H3,(H,30,32). The van der Waals surface area contributed by atoms with E-state index in [1.165, 1.54) is 24.3 Å². The fourth-order valence-electron chi connectivity index (χ4n) is 3.22. The summed E-state index contributed by atoms with van der Waals surface area (Å²) >= 11 is 7.71. The van der Waals surface area contributed by atoms with E-state index in [-0.39, 0.29) is 16.5 Å². The van der Waals surface area contributed by atoms with Gasteiger partial charge in [-0.25, -0.2) is 8.42 Å². The van der Waals surface area contributed by atoms with Gasteiger partial charge in [-0.3, -0.25) is 9.10 Å². The predicted molar refractivity (Wildman–Crippen MR) is 138 cm³/mol. The number of anilines is 1. The van der Waals surface area contributed by atoms with Gasteiger partial charge < -0.3 is 5.32 Å². The van der Waals surface area contributed by atoms with Gasteiger partial charge in [0, 0.05) is 18.1 Å². The number of amides is 1. The van der Waals surface area contributed by atoms with Crippen LogP contribution in [0.25, 0.3) is 0 Å². The zero-order valence-corrected chi connectivity index (χ0v) is 21.6. The minimum Gasteiger partial charge on any atom is -0.354 e. The van der Waals surface area contributed by atoms with E-state index < -0.39 is 39.9 Å². The maximum Gasteiger partial charge on any atom is 0.416 e. The first-order chi connectivity index (χ1) is 17.0. The molecule has 0 aliphatic rings. The van der Waals surface area contributed by atoms with E-state index in [0.29, 0.717) is 16.1 Å². The Bertz CT molecular complexity index is 1290. The Balaban J connectivity index is 1.75. The summed E-state index contributed by atoms with van der Waals surface area (Å²) in [6.07, 6.45) is -4.72. The van der Waals surface area contributed by atoms with Crippen molar-refractivity contribution in [2.24, 2.45) is 0 Å². The molecule has 1 amide bonds. The summed E-state index contributed by atoms with van der Waals surface area (Å²) in [5.74, 6) is 0.638. The van der Waals surface area contributed by atoms with Crippen molar-refractivity contribution in [3.05, 3.63) is 94.5 Å². The molecular weight excluding hydrogens is 533 g/mol. The summed E-state index contributed by atoms with van der Waals surface area (Å²) in [5.41, 5.74) is 0.783. The van der Waals surface area contributed by atoms with Crippen LogP contribution in [0.2, 0.25) is 5.02 Å². The fraction of sp³-hybridized carbons (Fsp3) is 0.240. The van der Waals surface area contributed by atoms with Crippen molar-refractivity contribution in [3.63, 3.8) is 0 Å². The lowest BCUT2D eigenvalue weighted by atomic mass is 10.2. The number of carbonyl (C=O) groups is 1. The van der Waals surface area contributed by atoms with Crippen LogP contribution in [-0.4, -0.2) is 33.2 Å². The quantitative estimate of drug-likeness (QED) is 0.315. The molecule has 1 N–H and O–H groups in total. The first-order valence-electron chi connectivity index (χ1n) is 10.8. The molecule has 0 saturated carbocycles. The Kier molecular flexibility index (Phi) is 9.32. The van der Waals surface area contributed by atoms with Gasteiger partial charge in [-0.15, -0.1) is 0 Å². The predicted octanol–water partition coefficient (Wildman–Crippen LogP) is 5.91. The Morgan fingerprint density at radius 3 is 2.33 bits per heavy atom. The maximum absolute atomic E-state index is 13.3. The summed E-state index contributed by atoms with van der Waals surface area (Å²) in [7, 11) is -4.39. The average Bonchev–Trinajstić information content (AvgIpc) is 2.84. The van der Waals surface area contributed by atoms with Gasteiger partial charge in [-0.2, -0.15) is 24.9 Å². The first kappa shape index (κ1) is 27.9. The number of sulfonamides is 1. The molecule has 0 aliphatic carbocycles. The molecule has 11 heteroatoms. The van der Waals surface area contributed by atoms with Crippen molar-refractivity contribution < 1.29 is 26.4 Å². The normalized spacial score (nSPS) is 11.8. The molecule has 3 rings (SSSR count). The van der Waals surface area contributed by atoms with E-state index in [1.54, 1.807) is 17.8 Å². The first-order valence-corrected chi connectivity index (χ1v) is 13.8. The summed E-state index contributed by atoms with van der Waals surface area (Å²) < 4.78 is 67.3. The van der Waals surface area contributed by atoms with Gasteiger partial charge in [0.2, 0.25) is 5.91 Å². The highest BCUT2D eigenvalue weighted by Crippen LogP contribution is 2.37.